The normalized spacial score (nSPS) is 13.4. The first-order valence-electron chi connectivity index (χ1n) is 7.30. The zero-order chi connectivity index (χ0) is 17.7. The third-order valence-corrected chi connectivity index (χ3v) is 4.14. The van der Waals surface area contributed by atoms with Crippen LogP contribution >= 0.6 is 11.8 Å². The van der Waals surface area contributed by atoms with Gasteiger partial charge >= 0.3 is 0 Å². The minimum Gasteiger partial charge on any atom is -0.548 e. The molecule has 0 aliphatic heterocycles. The molecule has 1 amide bonds. The van der Waals surface area contributed by atoms with Crippen molar-refractivity contribution in [2.75, 3.05) is 12.0 Å². The minimum absolute atomic E-state index is 0.319. The van der Waals surface area contributed by atoms with Crippen molar-refractivity contribution in [2.24, 2.45) is 0 Å². The third-order valence-electron chi connectivity index (χ3n) is 3.50. The monoisotopic (exact) mass is 349 g/mol. The van der Waals surface area contributed by atoms with Crippen molar-refractivity contribution in [3.63, 3.8) is 0 Å². The number of hydrogen-bond donors (Lipinski definition) is 1. The summed E-state index contributed by atoms with van der Waals surface area (Å²) >= 11 is 1.50. The second kappa shape index (κ2) is 7.91. The number of carbonyl (C=O) groups is 2. The van der Waals surface area contributed by atoms with Crippen LogP contribution in [0.3, 0.4) is 0 Å². The van der Waals surface area contributed by atoms with E-state index >= 15 is 0 Å². The predicted molar refractivity (Wildman–Crippen MR) is 88.4 cm³/mol. The van der Waals surface area contributed by atoms with Crippen molar-refractivity contribution in [1.82, 2.24) is 20.3 Å². The molecule has 0 aliphatic rings. The second-order valence-electron chi connectivity index (χ2n) is 5.20. The molecule has 1 aromatic carbocycles. The number of benzene rings is 1. The Kier molecular flexibility index (Phi) is 5.91. The van der Waals surface area contributed by atoms with Crippen LogP contribution in [-0.4, -0.2) is 44.9 Å². The minimum atomic E-state index is -1.40. The molecule has 0 saturated carbocycles. The second-order valence-corrected chi connectivity index (χ2v) is 6.19. The predicted octanol–water partition coefficient (Wildman–Crippen LogP) is -0.660. The van der Waals surface area contributed by atoms with Crippen LogP contribution in [0.4, 0.5) is 0 Å². The number of thioether (sulfide) groups is 1. The first kappa shape index (κ1) is 17.9. The van der Waals surface area contributed by atoms with E-state index in [2.05, 4.69) is 15.6 Å². The Morgan fingerprint density at radius 1 is 1.38 bits per heavy atom. The van der Waals surface area contributed by atoms with Gasteiger partial charge in [0.05, 0.1) is 17.4 Å². The Labute approximate surface area is 142 Å². The van der Waals surface area contributed by atoms with Gasteiger partial charge < -0.3 is 15.2 Å². The molecule has 128 valence electrons. The number of carboxylic acids is 1. The van der Waals surface area contributed by atoms with Gasteiger partial charge in [-0.15, -0.1) is 5.10 Å². The summed E-state index contributed by atoms with van der Waals surface area (Å²) in [4.78, 5) is 35.8. The van der Waals surface area contributed by atoms with Gasteiger partial charge in [-0.2, -0.15) is 16.4 Å². The van der Waals surface area contributed by atoms with Crippen molar-refractivity contribution in [1.29, 1.82) is 0 Å². The highest BCUT2D eigenvalue weighted by Crippen LogP contribution is 2.13. The van der Waals surface area contributed by atoms with Crippen LogP contribution in [-0.2, 0) is 9.59 Å². The molecule has 0 unspecified atom stereocenters. The number of aliphatic carboxylic acids is 1. The van der Waals surface area contributed by atoms with E-state index in [4.69, 9.17) is 0 Å². The molecule has 1 heterocycles. The molecule has 1 aromatic heterocycles. The average Bonchev–Trinajstić information content (AvgIpc) is 2.57. The molecule has 24 heavy (non-hydrogen) atoms. The topological polar surface area (TPSA) is 117 Å². The van der Waals surface area contributed by atoms with E-state index in [0.29, 0.717) is 23.1 Å². The number of amides is 1. The van der Waals surface area contributed by atoms with Gasteiger partial charge in [0.15, 0.2) is 0 Å². The summed E-state index contributed by atoms with van der Waals surface area (Å²) in [7, 11) is 0. The van der Waals surface area contributed by atoms with Gasteiger partial charge in [-0.1, -0.05) is 17.3 Å². The van der Waals surface area contributed by atoms with E-state index < -0.39 is 29.5 Å². The smallest absolute Gasteiger partial charge is 0.278 e. The summed E-state index contributed by atoms with van der Waals surface area (Å²) in [5, 5.41) is 21.3. The van der Waals surface area contributed by atoms with Gasteiger partial charge in [0.1, 0.15) is 11.6 Å². The Balaban J connectivity index is 2.40. The first-order chi connectivity index (χ1) is 11.5. The molecule has 0 spiro atoms. The quantitative estimate of drug-likeness (QED) is 0.705. The number of nitrogens with one attached hydrogen (secondary N) is 1. The zero-order valence-corrected chi connectivity index (χ0v) is 14.1. The van der Waals surface area contributed by atoms with Gasteiger partial charge in [0.2, 0.25) is 5.91 Å². The van der Waals surface area contributed by atoms with E-state index in [0.717, 1.165) is 4.68 Å². The van der Waals surface area contributed by atoms with Gasteiger partial charge in [0, 0.05) is 0 Å². The van der Waals surface area contributed by atoms with Crippen molar-refractivity contribution in [2.45, 2.75) is 25.4 Å². The van der Waals surface area contributed by atoms with Gasteiger partial charge in [0.25, 0.3) is 5.56 Å². The largest absolute Gasteiger partial charge is 0.548 e. The fraction of sp³-hybridized carbons (Fsp3) is 0.400. The molecule has 9 heteroatoms. The molecule has 0 fully saturated rings. The highest BCUT2D eigenvalue weighted by molar-refractivity contribution is 7.98. The molecule has 2 rings (SSSR count). The van der Waals surface area contributed by atoms with Crippen LogP contribution in [0.1, 0.15) is 19.4 Å². The Morgan fingerprint density at radius 3 is 2.75 bits per heavy atom. The van der Waals surface area contributed by atoms with Gasteiger partial charge in [-0.3, -0.25) is 9.59 Å². The van der Waals surface area contributed by atoms with E-state index in [1.54, 1.807) is 24.3 Å². The zero-order valence-electron chi connectivity index (χ0n) is 13.3. The molecular weight excluding hydrogens is 332 g/mol. The number of aromatic nitrogens is 3. The van der Waals surface area contributed by atoms with E-state index in [1.165, 1.54) is 18.7 Å². The van der Waals surface area contributed by atoms with Crippen molar-refractivity contribution in [3.05, 3.63) is 34.6 Å². The fourth-order valence-electron chi connectivity index (χ4n) is 2.17. The summed E-state index contributed by atoms with van der Waals surface area (Å²) in [5.41, 5.74) is -0.00571. The molecular formula is C15H17N4O4S-. The molecule has 0 saturated heterocycles. The summed E-state index contributed by atoms with van der Waals surface area (Å²) in [5.74, 6) is -1.41. The van der Waals surface area contributed by atoms with Crippen LogP contribution in [0.5, 0.6) is 0 Å². The van der Waals surface area contributed by atoms with Crippen LogP contribution < -0.4 is 16.0 Å². The number of carboxylic acid groups (broad SMARTS) is 1. The Hall–Kier alpha value is -2.42. The Bertz CT molecular complexity index is 807. The maximum atomic E-state index is 12.6. The van der Waals surface area contributed by atoms with Crippen LogP contribution in [0, 0.1) is 0 Å². The van der Waals surface area contributed by atoms with Crippen LogP contribution in [0.15, 0.2) is 29.1 Å². The molecule has 1 N–H and O–H groups in total. The lowest BCUT2D eigenvalue weighted by Crippen LogP contribution is -2.49. The van der Waals surface area contributed by atoms with Crippen molar-refractivity contribution < 1.29 is 14.7 Å². The van der Waals surface area contributed by atoms with Gasteiger partial charge in [-0.05, 0) is 37.5 Å². The fourth-order valence-corrected chi connectivity index (χ4v) is 2.63. The number of rotatable bonds is 7. The van der Waals surface area contributed by atoms with E-state index in [-0.39, 0.29) is 0 Å². The number of carbonyl (C=O) groups excluding carboxylic acids is 2. The average molecular weight is 349 g/mol. The van der Waals surface area contributed by atoms with E-state index in [1.807, 2.05) is 6.26 Å². The lowest BCUT2D eigenvalue weighted by Gasteiger charge is -2.21. The summed E-state index contributed by atoms with van der Waals surface area (Å²) in [6, 6.07) is 4.59. The molecule has 0 aliphatic carbocycles. The Morgan fingerprint density at radius 2 is 2.08 bits per heavy atom. The summed E-state index contributed by atoms with van der Waals surface area (Å²) in [6.45, 7) is 1.30. The summed E-state index contributed by atoms with van der Waals surface area (Å²) < 4.78 is 1.01. The lowest BCUT2D eigenvalue weighted by molar-refractivity contribution is -0.307. The van der Waals surface area contributed by atoms with Crippen LogP contribution in [0.25, 0.3) is 10.9 Å². The molecule has 2 aromatic rings. The highest BCUT2D eigenvalue weighted by atomic mass is 32.2. The molecule has 0 radical (unpaired) electrons. The number of fused-ring (bicyclic) bond motifs is 1. The summed E-state index contributed by atoms with van der Waals surface area (Å²) in [6.07, 6.45) is 2.19. The van der Waals surface area contributed by atoms with E-state index in [9.17, 15) is 19.5 Å². The standard InChI is InChI=1S/C15H18N4O4S/c1-9(15(22)23)16-13(20)12(7-8-24-2)19-14(21)10-5-3-4-6-11(10)17-18-19/h3-6,9,12H,7-8H2,1-2H3,(H,16,20)(H,22,23)/p-1/t9-,12-/m0/s1. The SMILES string of the molecule is CSCC[C@@H](C(=O)N[C@@H](C)C(=O)[O-])n1nnc2ccccc2c1=O. The molecule has 0 bridgehead atoms. The first-order valence-corrected chi connectivity index (χ1v) is 8.69. The third kappa shape index (κ3) is 3.91. The van der Waals surface area contributed by atoms with Crippen molar-refractivity contribution >= 4 is 34.5 Å². The van der Waals surface area contributed by atoms with Crippen LogP contribution in [0.2, 0.25) is 0 Å². The van der Waals surface area contributed by atoms with Gasteiger partial charge in [-0.25, -0.2) is 0 Å². The number of nitrogens with zero attached hydrogens (tertiary/aromatic N) is 3. The number of hydrogen-bond acceptors (Lipinski definition) is 7. The maximum Gasteiger partial charge on any atom is 0.278 e. The highest BCUT2D eigenvalue weighted by Gasteiger charge is 2.25. The molecule has 8 nitrogen and oxygen atoms in total. The lowest BCUT2D eigenvalue weighted by atomic mass is 10.2. The maximum absolute atomic E-state index is 12.6. The molecule has 2 atom stereocenters. The van der Waals surface area contributed by atoms with Crippen molar-refractivity contribution in [3.8, 4) is 0 Å².